The van der Waals surface area contributed by atoms with E-state index in [2.05, 4.69) is 9.62 Å². The Bertz CT molecular complexity index is 527. The fourth-order valence-corrected chi connectivity index (χ4v) is 2.70. The summed E-state index contributed by atoms with van der Waals surface area (Å²) >= 11 is 0. The van der Waals surface area contributed by atoms with Crippen LogP contribution in [0.1, 0.15) is 12.8 Å². The number of hydrogen-bond donors (Lipinski definition) is 1. The first-order valence-corrected chi connectivity index (χ1v) is 7.31. The second-order valence-corrected chi connectivity index (χ2v) is 6.11. The zero-order valence-electron chi connectivity index (χ0n) is 10.2. The third-order valence-corrected chi connectivity index (χ3v) is 4.53. The van der Waals surface area contributed by atoms with Gasteiger partial charge in [-0.2, -0.15) is 0 Å². The van der Waals surface area contributed by atoms with E-state index in [1.165, 1.54) is 7.05 Å². The molecule has 0 unspecified atom stereocenters. The van der Waals surface area contributed by atoms with Crippen molar-refractivity contribution < 1.29 is 13.2 Å². The highest BCUT2D eigenvalue weighted by Gasteiger charge is 2.17. The van der Waals surface area contributed by atoms with Gasteiger partial charge in [0.1, 0.15) is 5.78 Å². The molecule has 6 heteroatoms. The zero-order chi connectivity index (χ0) is 13.2. The number of sulfonamides is 1. The van der Waals surface area contributed by atoms with E-state index < -0.39 is 10.0 Å². The van der Waals surface area contributed by atoms with Gasteiger partial charge < -0.3 is 4.90 Å². The van der Waals surface area contributed by atoms with Crippen LogP contribution in [0, 0.1) is 0 Å². The number of piperidine rings is 1. The molecule has 18 heavy (non-hydrogen) atoms. The number of carbonyl (C=O) groups is 1. The molecular formula is C12H16N2O3S. The summed E-state index contributed by atoms with van der Waals surface area (Å²) in [6, 6.07) is 6.72. The van der Waals surface area contributed by atoms with Gasteiger partial charge in [0.05, 0.1) is 4.90 Å². The second-order valence-electron chi connectivity index (χ2n) is 4.23. The summed E-state index contributed by atoms with van der Waals surface area (Å²) in [5.41, 5.74) is 0.956. The summed E-state index contributed by atoms with van der Waals surface area (Å²) in [6.45, 7) is 1.41. The van der Waals surface area contributed by atoms with Gasteiger partial charge in [0.15, 0.2) is 0 Å². The van der Waals surface area contributed by atoms with Gasteiger partial charge in [-0.15, -0.1) is 0 Å². The maximum Gasteiger partial charge on any atom is 0.240 e. The Morgan fingerprint density at radius 1 is 1.11 bits per heavy atom. The summed E-state index contributed by atoms with van der Waals surface area (Å²) in [5, 5.41) is 0. The minimum absolute atomic E-state index is 0.252. The van der Waals surface area contributed by atoms with Gasteiger partial charge in [-0.1, -0.05) is 0 Å². The van der Waals surface area contributed by atoms with E-state index in [-0.39, 0.29) is 4.90 Å². The van der Waals surface area contributed by atoms with Crippen LogP contribution in [0.4, 0.5) is 5.69 Å². The maximum atomic E-state index is 11.6. The lowest BCUT2D eigenvalue weighted by Gasteiger charge is -2.28. The highest BCUT2D eigenvalue weighted by molar-refractivity contribution is 7.89. The number of ketones is 1. The molecule has 0 bridgehead atoms. The Morgan fingerprint density at radius 2 is 1.67 bits per heavy atom. The van der Waals surface area contributed by atoms with Gasteiger partial charge in [-0.3, -0.25) is 4.79 Å². The van der Waals surface area contributed by atoms with Crippen LogP contribution in [0.2, 0.25) is 0 Å². The molecule has 0 spiro atoms. The smallest absolute Gasteiger partial charge is 0.240 e. The predicted molar refractivity (Wildman–Crippen MR) is 69.1 cm³/mol. The molecular weight excluding hydrogens is 252 g/mol. The van der Waals surface area contributed by atoms with Crippen LogP contribution in [0.15, 0.2) is 29.2 Å². The number of Topliss-reactive ketones (excluding diaryl/α,β-unsaturated/α-hetero) is 1. The molecule has 0 radical (unpaired) electrons. The zero-order valence-corrected chi connectivity index (χ0v) is 11.0. The molecule has 0 amide bonds. The number of rotatable bonds is 3. The van der Waals surface area contributed by atoms with Gasteiger partial charge in [0.2, 0.25) is 10.0 Å². The van der Waals surface area contributed by atoms with E-state index in [0.717, 1.165) is 5.69 Å². The predicted octanol–water partition coefficient (Wildman–Crippen LogP) is 0.764. The standard InChI is InChI=1S/C12H16N2O3S/c1-13-18(16,17)12-4-2-10(3-5-12)14-8-6-11(15)7-9-14/h2-5,13H,6-9H2,1H3. The molecule has 1 aromatic carbocycles. The first-order valence-electron chi connectivity index (χ1n) is 5.83. The molecule has 1 heterocycles. The SMILES string of the molecule is CNS(=O)(=O)c1ccc(N2CCC(=O)CC2)cc1. The van der Waals surface area contributed by atoms with Crippen molar-refractivity contribution >= 4 is 21.5 Å². The Hall–Kier alpha value is -1.40. The lowest BCUT2D eigenvalue weighted by molar-refractivity contribution is -0.119. The van der Waals surface area contributed by atoms with E-state index in [1.807, 2.05) is 0 Å². The van der Waals surface area contributed by atoms with Crippen LogP contribution in [0.5, 0.6) is 0 Å². The van der Waals surface area contributed by atoms with E-state index in [9.17, 15) is 13.2 Å². The summed E-state index contributed by atoms with van der Waals surface area (Å²) < 4.78 is 25.4. The number of benzene rings is 1. The third-order valence-electron chi connectivity index (χ3n) is 3.10. The van der Waals surface area contributed by atoms with Crippen molar-refractivity contribution in [3.63, 3.8) is 0 Å². The van der Waals surface area contributed by atoms with E-state index in [1.54, 1.807) is 24.3 Å². The van der Waals surface area contributed by atoms with Gasteiger partial charge in [-0.05, 0) is 31.3 Å². The Labute approximate surface area is 107 Å². The van der Waals surface area contributed by atoms with Gasteiger partial charge in [0.25, 0.3) is 0 Å². The molecule has 0 aromatic heterocycles. The van der Waals surface area contributed by atoms with Crippen molar-refractivity contribution in [2.75, 3.05) is 25.0 Å². The van der Waals surface area contributed by atoms with Gasteiger partial charge in [-0.25, -0.2) is 13.1 Å². The first kappa shape index (κ1) is 13.0. The maximum absolute atomic E-state index is 11.6. The van der Waals surface area contributed by atoms with Crippen molar-refractivity contribution in [1.82, 2.24) is 4.72 Å². The Kier molecular flexibility index (Phi) is 3.68. The molecule has 0 aliphatic carbocycles. The lowest BCUT2D eigenvalue weighted by atomic mass is 10.1. The van der Waals surface area contributed by atoms with E-state index >= 15 is 0 Å². The van der Waals surface area contributed by atoms with Crippen molar-refractivity contribution in [3.8, 4) is 0 Å². The number of nitrogens with zero attached hydrogens (tertiary/aromatic N) is 1. The van der Waals surface area contributed by atoms with Crippen molar-refractivity contribution in [3.05, 3.63) is 24.3 Å². The number of anilines is 1. The Balaban J connectivity index is 2.15. The molecule has 1 aliphatic heterocycles. The first-order chi connectivity index (χ1) is 8.53. The molecule has 1 aliphatic rings. The summed E-state index contributed by atoms with van der Waals surface area (Å²) in [5.74, 6) is 0.292. The monoisotopic (exact) mass is 268 g/mol. The normalized spacial score (nSPS) is 16.9. The fourth-order valence-electron chi connectivity index (χ4n) is 1.97. The molecule has 5 nitrogen and oxygen atoms in total. The molecule has 1 fully saturated rings. The van der Waals surface area contributed by atoms with Crippen LogP contribution in [-0.2, 0) is 14.8 Å². The van der Waals surface area contributed by atoms with Gasteiger partial charge >= 0.3 is 0 Å². The van der Waals surface area contributed by atoms with Crippen LogP contribution in [0.3, 0.4) is 0 Å². The average molecular weight is 268 g/mol. The van der Waals surface area contributed by atoms with E-state index in [4.69, 9.17) is 0 Å². The van der Waals surface area contributed by atoms with Crippen LogP contribution >= 0.6 is 0 Å². The summed E-state index contributed by atoms with van der Waals surface area (Å²) in [6.07, 6.45) is 1.13. The van der Waals surface area contributed by atoms with Crippen LogP contribution < -0.4 is 9.62 Å². The number of hydrogen-bond acceptors (Lipinski definition) is 4. The molecule has 1 aromatic rings. The molecule has 1 N–H and O–H groups in total. The average Bonchev–Trinajstić information content (AvgIpc) is 2.40. The molecule has 1 saturated heterocycles. The quantitative estimate of drug-likeness (QED) is 0.879. The summed E-state index contributed by atoms with van der Waals surface area (Å²) in [4.78, 5) is 13.5. The van der Waals surface area contributed by atoms with Crippen LogP contribution in [0.25, 0.3) is 0 Å². The minimum atomic E-state index is -3.38. The fraction of sp³-hybridized carbons (Fsp3) is 0.417. The molecule has 2 rings (SSSR count). The van der Waals surface area contributed by atoms with Crippen LogP contribution in [-0.4, -0.2) is 34.3 Å². The van der Waals surface area contributed by atoms with E-state index in [0.29, 0.717) is 31.7 Å². The van der Waals surface area contributed by atoms with Crippen molar-refractivity contribution in [1.29, 1.82) is 0 Å². The number of nitrogens with one attached hydrogen (secondary N) is 1. The highest BCUT2D eigenvalue weighted by Crippen LogP contribution is 2.20. The second kappa shape index (κ2) is 5.07. The molecule has 98 valence electrons. The number of carbonyl (C=O) groups excluding carboxylic acids is 1. The van der Waals surface area contributed by atoms with Gasteiger partial charge in [0, 0.05) is 31.6 Å². The molecule has 0 atom stereocenters. The highest BCUT2D eigenvalue weighted by atomic mass is 32.2. The lowest BCUT2D eigenvalue weighted by Crippen LogP contribution is -2.33. The topological polar surface area (TPSA) is 66.5 Å². The molecule has 0 saturated carbocycles. The van der Waals surface area contributed by atoms with Crippen molar-refractivity contribution in [2.24, 2.45) is 0 Å². The Morgan fingerprint density at radius 3 is 2.17 bits per heavy atom. The largest absolute Gasteiger partial charge is 0.371 e. The van der Waals surface area contributed by atoms with Crippen molar-refractivity contribution in [2.45, 2.75) is 17.7 Å². The minimum Gasteiger partial charge on any atom is -0.371 e. The third kappa shape index (κ3) is 2.70. The summed E-state index contributed by atoms with van der Waals surface area (Å²) in [7, 11) is -1.99.